The lowest BCUT2D eigenvalue weighted by Gasteiger charge is -1.96. The van der Waals surface area contributed by atoms with Crippen LogP contribution >= 0.6 is 0 Å². The summed E-state index contributed by atoms with van der Waals surface area (Å²) in [6.07, 6.45) is 0.375. The summed E-state index contributed by atoms with van der Waals surface area (Å²) in [5.74, 6) is -1.79. The molecule has 0 atom stereocenters. The SMILES string of the molecule is O=Cc1cc(F)c(C=O)cc1F. The molecular weight excluding hydrogens is 166 g/mol. The molecule has 0 spiro atoms. The molecule has 0 amide bonds. The molecule has 0 N–H and O–H groups in total. The summed E-state index contributed by atoms with van der Waals surface area (Å²) in [5.41, 5.74) is -0.781. The highest BCUT2D eigenvalue weighted by Crippen LogP contribution is 2.11. The highest BCUT2D eigenvalue weighted by molar-refractivity contribution is 5.80. The zero-order chi connectivity index (χ0) is 9.14. The molecule has 0 bridgehead atoms. The molecule has 0 aliphatic carbocycles. The zero-order valence-electron chi connectivity index (χ0n) is 5.88. The van der Waals surface area contributed by atoms with Crippen LogP contribution in [0.1, 0.15) is 20.7 Å². The highest BCUT2D eigenvalue weighted by Gasteiger charge is 2.07. The number of benzene rings is 1. The van der Waals surface area contributed by atoms with Crippen molar-refractivity contribution in [1.82, 2.24) is 0 Å². The number of rotatable bonds is 2. The van der Waals surface area contributed by atoms with Gasteiger partial charge >= 0.3 is 0 Å². The van der Waals surface area contributed by atoms with Gasteiger partial charge in [-0.15, -0.1) is 0 Å². The van der Waals surface area contributed by atoms with Crippen LogP contribution in [0.3, 0.4) is 0 Å². The lowest BCUT2D eigenvalue weighted by atomic mass is 10.1. The third-order valence-corrected chi connectivity index (χ3v) is 1.37. The van der Waals surface area contributed by atoms with E-state index in [0.29, 0.717) is 12.1 Å². The van der Waals surface area contributed by atoms with Crippen LogP contribution in [-0.2, 0) is 0 Å². The molecule has 0 aromatic heterocycles. The topological polar surface area (TPSA) is 34.1 Å². The van der Waals surface area contributed by atoms with E-state index in [0.717, 1.165) is 0 Å². The molecule has 4 heteroatoms. The van der Waals surface area contributed by atoms with E-state index in [9.17, 15) is 18.4 Å². The van der Waals surface area contributed by atoms with Crippen molar-refractivity contribution in [2.24, 2.45) is 0 Å². The Morgan fingerprint density at radius 1 is 0.917 bits per heavy atom. The second kappa shape index (κ2) is 3.21. The van der Waals surface area contributed by atoms with Gasteiger partial charge in [0.05, 0.1) is 11.1 Å². The minimum absolute atomic E-state index is 0.187. The number of carbonyl (C=O) groups excluding carboxylic acids is 2. The first kappa shape index (κ1) is 8.52. The van der Waals surface area contributed by atoms with Gasteiger partial charge in [0.1, 0.15) is 11.6 Å². The summed E-state index contributed by atoms with van der Waals surface area (Å²) in [6, 6.07) is 1.37. The number of carbonyl (C=O) groups is 2. The Balaban J connectivity index is 3.34. The summed E-state index contributed by atoms with van der Waals surface area (Å²) < 4.78 is 25.3. The van der Waals surface area contributed by atoms with Crippen LogP contribution in [0, 0.1) is 11.6 Å². The van der Waals surface area contributed by atoms with Crippen molar-refractivity contribution in [3.63, 3.8) is 0 Å². The van der Waals surface area contributed by atoms with Crippen LogP contribution in [0.2, 0.25) is 0 Å². The van der Waals surface area contributed by atoms with E-state index in [1.807, 2.05) is 0 Å². The number of halogens is 2. The summed E-state index contributed by atoms with van der Waals surface area (Å²) in [6.45, 7) is 0. The van der Waals surface area contributed by atoms with Crippen LogP contribution in [0.25, 0.3) is 0 Å². The minimum atomic E-state index is -0.895. The standard InChI is InChI=1S/C8H4F2O2/c9-7-1-5(3-11)8(10)2-6(7)4-12/h1-4H. The van der Waals surface area contributed by atoms with Crippen LogP contribution < -0.4 is 0 Å². The van der Waals surface area contributed by atoms with Crippen LogP contribution in [-0.4, -0.2) is 12.6 Å². The van der Waals surface area contributed by atoms with Gasteiger partial charge in [0, 0.05) is 0 Å². The fourth-order valence-corrected chi connectivity index (χ4v) is 0.758. The molecule has 62 valence electrons. The van der Waals surface area contributed by atoms with E-state index in [2.05, 4.69) is 0 Å². The Morgan fingerprint density at radius 2 is 1.25 bits per heavy atom. The van der Waals surface area contributed by atoms with Gasteiger partial charge in [0.15, 0.2) is 12.6 Å². The Morgan fingerprint density at radius 3 is 1.50 bits per heavy atom. The third-order valence-electron chi connectivity index (χ3n) is 1.37. The maximum absolute atomic E-state index is 12.7. The predicted molar refractivity (Wildman–Crippen MR) is 37.1 cm³/mol. The maximum Gasteiger partial charge on any atom is 0.153 e. The van der Waals surface area contributed by atoms with Crippen molar-refractivity contribution in [1.29, 1.82) is 0 Å². The monoisotopic (exact) mass is 170 g/mol. The number of aldehydes is 2. The molecule has 0 unspecified atom stereocenters. The first-order valence-corrected chi connectivity index (χ1v) is 3.08. The van der Waals surface area contributed by atoms with Gasteiger partial charge in [-0.1, -0.05) is 0 Å². The van der Waals surface area contributed by atoms with Gasteiger partial charge < -0.3 is 0 Å². The van der Waals surface area contributed by atoms with E-state index in [-0.39, 0.29) is 12.6 Å². The van der Waals surface area contributed by atoms with Gasteiger partial charge in [0.25, 0.3) is 0 Å². The lowest BCUT2D eigenvalue weighted by molar-refractivity contribution is 0.110. The minimum Gasteiger partial charge on any atom is -0.298 e. The van der Waals surface area contributed by atoms with E-state index in [1.165, 1.54) is 0 Å². The van der Waals surface area contributed by atoms with Gasteiger partial charge in [-0.3, -0.25) is 9.59 Å². The van der Waals surface area contributed by atoms with Crippen molar-refractivity contribution in [2.45, 2.75) is 0 Å². The summed E-state index contributed by atoms with van der Waals surface area (Å²) >= 11 is 0. The predicted octanol–water partition coefficient (Wildman–Crippen LogP) is 1.59. The van der Waals surface area contributed by atoms with Crippen LogP contribution in [0.4, 0.5) is 8.78 Å². The number of hydrogen-bond donors (Lipinski definition) is 0. The van der Waals surface area contributed by atoms with Crippen LogP contribution in [0.15, 0.2) is 12.1 Å². The first-order chi connectivity index (χ1) is 5.69. The van der Waals surface area contributed by atoms with E-state index >= 15 is 0 Å². The third kappa shape index (κ3) is 1.37. The molecule has 0 aliphatic rings. The summed E-state index contributed by atoms with van der Waals surface area (Å²) in [4.78, 5) is 20.2. The summed E-state index contributed by atoms with van der Waals surface area (Å²) in [7, 11) is 0. The van der Waals surface area contributed by atoms with Crippen molar-refractivity contribution in [2.75, 3.05) is 0 Å². The Labute approximate surface area is 66.8 Å². The fourth-order valence-electron chi connectivity index (χ4n) is 0.758. The highest BCUT2D eigenvalue weighted by atomic mass is 19.1. The van der Waals surface area contributed by atoms with Gasteiger partial charge in [-0.05, 0) is 12.1 Å². The second-order valence-corrected chi connectivity index (χ2v) is 2.13. The molecule has 0 radical (unpaired) electrons. The van der Waals surface area contributed by atoms with Crippen molar-refractivity contribution in [3.05, 3.63) is 34.9 Å². The largest absolute Gasteiger partial charge is 0.298 e. The molecule has 1 rings (SSSR count). The fraction of sp³-hybridized carbons (Fsp3) is 0. The Bertz CT molecular complexity index is 300. The molecule has 0 heterocycles. The Hall–Kier alpha value is -1.58. The smallest absolute Gasteiger partial charge is 0.153 e. The van der Waals surface area contributed by atoms with Crippen molar-refractivity contribution >= 4 is 12.6 Å². The van der Waals surface area contributed by atoms with Gasteiger partial charge in [-0.25, -0.2) is 8.78 Å². The van der Waals surface area contributed by atoms with Crippen molar-refractivity contribution < 1.29 is 18.4 Å². The van der Waals surface area contributed by atoms with Crippen molar-refractivity contribution in [3.8, 4) is 0 Å². The van der Waals surface area contributed by atoms with E-state index in [1.54, 1.807) is 0 Å². The molecule has 0 saturated carbocycles. The molecule has 0 saturated heterocycles. The molecule has 2 nitrogen and oxygen atoms in total. The molecule has 0 aliphatic heterocycles. The van der Waals surface area contributed by atoms with Gasteiger partial charge in [0.2, 0.25) is 0 Å². The summed E-state index contributed by atoms with van der Waals surface area (Å²) in [5, 5.41) is 0. The van der Waals surface area contributed by atoms with E-state index in [4.69, 9.17) is 0 Å². The quantitative estimate of drug-likeness (QED) is 0.631. The molecule has 1 aromatic rings. The van der Waals surface area contributed by atoms with E-state index < -0.39 is 22.8 Å². The Kier molecular flexibility index (Phi) is 2.28. The lowest BCUT2D eigenvalue weighted by Crippen LogP contribution is -1.95. The van der Waals surface area contributed by atoms with Gasteiger partial charge in [-0.2, -0.15) is 0 Å². The second-order valence-electron chi connectivity index (χ2n) is 2.13. The molecule has 12 heavy (non-hydrogen) atoms. The number of hydrogen-bond acceptors (Lipinski definition) is 2. The van der Waals surface area contributed by atoms with Crippen LogP contribution in [0.5, 0.6) is 0 Å². The average Bonchev–Trinajstić information content (AvgIpc) is 2.08. The zero-order valence-corrected chi connectivity index (χ0v) is 5.88. The average molecular weight is 170 g/mol. The maximum atomic E-state index is 12.7. The molecule has 1 aromatic carbocycles. The first-order valence-electron chi connectivity index (χ1n) is 3.08. The molecular formula is C8H4F2O2. The normalized spacial score (nSPS) is 9.50. The molecule has 0 fully saturated rings.